The molecule has 0 radical (unpaired) electrons. The summed E-state index contributed by atoms with van der Waals surface area (Å²) < 4.78 is 0. The Bertz CT molecular complexity index is 575. The van der Waals surface area contributed by atoms with Gasteiger partial charge in [0.2, 0.25) is 0 Å². The van der Waals surface area contributed by atoms with Crippen LogP contribution in [-0.4, -0.2) is 0 Å². The highest BCUT2D eigenvalue weighted by Crippen LogP contribution is 2.81. The van der Waals surface area contributed by atoms with E-state index in [4.69, 9.17) is 0 Å². The molecule has 160 valence electrons. The fraction of sp³-hybridized carbons (Fsp3) is 0.929. The molecule has 6 saturated carbocycles. The van der Waals surface area contributed by atoms with E-state index in [2.05, 4.69) is 32.9 Å². The van der Waals surface area contributed by atoms with E-state index >= 15 is 0 Å². The minimum atomic E-state index is 0.769. The van der Waals surface area contributed by atoms with Crippen molar-refractivity contribution < 1.29 is 0 Å². The Labute approximate surface area is 176 Å². The average molecular weight is 385 g/mol. The molecule has 7 aliphatic rings. The third-order valence-corrected chi connectivity index (χ3v) is 10.5. The Kier molecular flexibility index (Phi) is 5.83. The zero-order chi connectivity index (χ0) is 20.2. The molecule has 0 aromatic heterocycles. The molecule has 7 rings (SSSR count). The van der Waals surface area contributed by atoms with Crippen molar-refractivity contribution in [3.63, 3.8) is 0 Å². The van der Waals surface area contributed by atoms with Crippen molar-refractivity contribution >= 4 is 0 Å². The summed E-state index contributed by atoms with van der Waals surface area (Å²) in [4.78, 5) is 0. The second kappa shape index (κ2) is 7.77. The number of rotatable bonds is 0. The molecule has 0 heteroatoms. The third-order valence-electron chi connectivity index (χ3n) is 10.5. The van der Waals surface area contributed by atoms with E-state index < -0.39 is 0 Å². The molecule has 0 aromatic rings. The van der Waals surface area contributed by atoms with Crippen LogP contribution in [-0.2, 0) is 0 Å². The van der Waals surface area contributed by atoms with Gasteiger partial charge in [-0.25, -0.2) is 0 Å². The maximum Gasteiger partial charge on any atom is -0.0191 e. The Morgan fingerprint density at radius 3 is 1.96 bits per heavy atom. The van der Waals surface area contributed by atoms with Gasteiger partial charge in [0.25, 0.3) is 0 Å². The fourth-order valence-electron chi connectivity index (χ4n) is 10.4. The van der Waals surface area contributed by atoms with Crippen LogP contribution < -0.4 is 0 Å². The van der Waals surface area contributed by atoms with Gasteiger partial charge in [-0.05, 0) is 109 Å². The minimum Gasteiger partial charge on any atom is -0.0848 e. The Morgan fingerprint density at radius 2 is 1.29 bits per heavy atom. The van der Waals surface area contributed by atoms with Crippen molar-refractivity contribution in [3.8, 4) is 0 Å². The summed E-state index contributed by atoms with van der Waals surface area (Å²) in [6.07, 6.45) is 16.2. The van der Waals surface area contributed by atoms with Gasteiger partial charge in [0.05, 0.1) is 0 Å². The van der Waals surface area contributed by atoms with E-state index in [9.17, 15) is 0 Å². The van der Waals surface area contributed by atoms with E-state index in [0.29, 0.717) is 0 Å². The number of hydrogen-bond donors (Lipinski definition) is 0. The summed E-state index contributed by atoms with van der Waals surface area (Å²) >= 11 is 0. The monoisotopic (exact) mass is 384 g/mol. The van der Waals surface area contributed by atoms with Gasteiger partial charge in [-0.3, -0.25) is 0 Å². The molecule has 0 spiro atoms. The molecule has 28 heavy (non-hydrogen) atoms. The van der Waals surface area contributed by atoms with Crippen LogP contribution in [0.15, 0.2) is 12.2 Å². The average Bonchev–Trinajstić information content (AvgIpc) is 3.52. The maximum atomic E-state index is 2.80. The lowest BCUT2D eigenvalue weighted by molar-refractivity contribution is -0.0241. The topological polar surface area (TPSA) is 0 Å². The first-order valence-electron chi connectivity index (χ1n) is 13.4. The summed E-state index contributed by atoms with van der Waals surface area (Å²) in [5.74, 6) is 12.4. The third kappa shape index (κ3) is 2.48. The molecule has 0 N–H and O–H groups in total. The van der Waals surface area contributed by atoms with Gasteiger partial charge in [-0.2, -0.15) is 0 Å². The zero-order valence-corrected chi connectivity index (χ0v) is 20.0. The summed E-state index contributed by atoms with van der Waals surface area (Å²) in [7, 11) is 0. The van der Waals surface area contributed by atoms with Gasteiger partial charge in [-0.1, -0.05) is 67.0 Å². The van der Waals surface area contributed by atoms with Crippen LogP contribution in [0.4, 0.5) is 0 Å². The van der Waals surface area contributed by atoms with E-state index in [1.807, 2.05) is 27.7 Å². The molecule has 0 heterocycles. The molecule has 0 amide bonds. The van der Waals surface area contributed by atoms with E-state index in [0.717, 1.165) is 40.9 Å². The van der Waals surface area contributed by atoms with Crippen LogP contribution in [0, 0.1) is 70.5 Å². The van der Waals surface area contributed by atoms with Crippen LogP contribution in [0.3, 0.4) is 0 Å². The predicted molar refractivity (Wildman–Crippen MR) is 122 cm³/mol. The molecule has 12 unspecified atom stereocenters. The van der Waals surface area contributed by atoms with Crippen LogP contribution in [0.1, 0.15) is 93.4 Å². The summed E-state index contributed by atoms with van der Waals surface area (Å²) in [5, 5.41) is 0. The lowest BCUT2D eigenvalue weighted by Crippen LogP contribution is -2.46. The highest BCUT2D eigenvalue weighted by Gasteiger charge is 2.75. The Balaban J connectivity index is 0.000000249. The van der Waals surface area contributed by atoms with Crippen LogP contribution in [0.25, 0.3) is 0 Å². The molecule has 6 fully saturated rings. The highest BCUT2D eigenvalue weighted by molar-refractivity contribution is 5.27. The molecular weight excluding hydrogens is 336 g/mol. The van der Waals surface area contributed by atoms with Crippen molar-refractivity contribution in [3.05, 3.63) is 12.2 Å². The second-order valence-electron chi connectivity index (χ2n) is 11.0. The van der Waals surface area contributed by atoms with Gasteiger partial charge >= 0.3 is 0 Å². The van der Waals surface area contributed by atoms with Gasteiger partial charge in [0.1, 0.15) is 0 Å². The van der Waals surface area contributed by atoms with Gasteiger partial charge in [0.15, 0.2) is 0 Å². The molecule has 12 atom stereocenters. The smallest absolute Gasteiger partial charge is 0.0191 e. The van der Waals surface area contributed by atoms with Crippen molar-refractivity contribution in [1.29, 1.82) is 0 Å². The maximum absolute atomic E-state index is 2.80. The van der Waals surface area contributed by atoms with Gasteiger partial charge in [-0.15, -0.1) is 0 Å². The van der Waals surface area contributed by atoms with Crippen molar-refractivity contribution in [2.75, 3.05) is 0 Å². The molecule has 0 aromatic carbocycles. The first-order valence-corrected chi connectivity index (χ1v) is 13.4. The van der Waals surface area contributed by atoms with E-state index in [1.54, 1.807) is 32.1 Å². The van der Waals surface area contributed by atoms with Crippen LogP contribution >= 0.6 is 0 Å². The predicted octanol–water partition coefficient (Wildman–Crippen LogP) is 8.23. The normalized spacial score (nSPS) is 56.8. The van der Waals surface area contributed by atoms with Crippen LogP contribution in [0.5, 0.6) is 0 Å². The quantitative estimate of drug-likeness (QED) is 0.291. The van der Waals surface area contributed by atoms with Crippen molar-refractivity contribution in [2.24, 2.45) is 70.5 Å². The number of hydrogen-bond acceptors (Lipinski definition) is 0. The number of fused-ring (bicyclic) bond motifs is 18. The molecule has 6 bridgehead atoms. The Morgan fingerprint density at radius 1 is 0.714 bits per heavy atom. The van der Waals surface area contributed by atoms with Gasteiger partial charge in [0, 0.05) is 0 Å². The SMILES string of the molecule is CC.CC.CC12C(CC3C4C=CC(C4)C31)C1CC2C2C3CCC(C3)C12.CCC. The molecular formula is C28H48. The molecule has 7 aliphatic carbocycles. The zero-order valence-electron chi connectivity index (χ0n) is 20.0. The summed E-state index contributed by atoms with van der Waals surface area (Å²) in [5.41, 5.74) is 0.769. The number of allylic oxidation sites excluding steroid dienone is 2. The van der Waals surface area contributed by atoms with E-state index in [-0.39, 0.29) is 0 Å². The highest BCUT2D eigenvalue weighted by atomic mass is 14.8. The first-order chi connectivity index (χ1) is 13.7. The molecule has 0 aliphatic heterocycles. The molecule has 0 saturated heterocycles. The van der Waals surface area contributed by atoms with E-state index in [1.165, 1.54) is 42.4 Å². The fourth-order valence-corrected chi connectivity index (χ4v) is 10.4. The Hall–Kier alpha value is -0.260. The largest absolute Gasteiger partial charge is 0.0848 e. The lowest BCUT2D eigenvalue weighted by Gasteiger charge is -2.50. The van der Waals surface area contributed by atoms with Gasteiger partial charge < -0.3 is 0 Å². The lowest BCUT2D eigenvalue weighted by atomic mass is 9.54. The summed E-state index contributed by atoms with van der Waals surface area (Å²) in [6, 6.07) is 0. The minimum absolute atomic E-state index is 0.769. The van der Waals surface area contributed by atoms with Crippen LogP contribution in [0.2, 0.25) is 0 Å². The van der Waals surface area contributed by atoms with Crippen molar-refractivity contribution in [2.45, 2.75) is 93.4 Å². The van der Waals surface area contributed by atoms with Crippen molar-refractivity contribution in [1.82, 2.24) is 0 Å². The first kappa shape index (κ1) is 21.0. The standard InChI is InChI=1S/C21H28.C3H8.2C2H6/c1-21-16(8-14-10-2-5-13(6-10)20(14)21)15-9-17(21)19-12-4-3-11(7-12)18(15)19;1-3-2;2*1-2/h2,5,10-20H,3-4,6-9H2,1H3;3H2,1-2H3;2*1-2H3. The summed E-state index contributed by atoms with van der Waals surface area (Å²) in [6.45, 7) is 15.0. The second-order valence-corrected chi connectivity index (χ2v) is 11.0. The molecule has 0 nitrogen and oxygen atoms in total.